The molecule has 2 heterocycles. The Morgan fingerprint density at radius 3 is 2.96 bits per heavy atom. The predicted octanol–water partition coefficient (Wildman–Crippen LogP) is 2.95. The van der Waals surface area contributed by atoms with Gasteiger partial charge in [0.1, 0.15) is 6.33 Å². The number of rotatable bonds is 8. The highest BCUT2D eigenvalue weighted by Gasteiger charge is 2.12. The van der Waals surface area contributed by atoms with E-state index in [1.807, 2.05) is 24.3 Å². The second-order valence-electron chi connectivity index (χ2n) is 5.94. The third kappa shape index (κ3) is 4.88. The molecule has 1 saturated heterocycles. The van der Waals surface area contributed by atoms with E-state index in [1.165, 1.54) is 19.3 Å². The molecule has 0 amide bonds. The van der Waals surface area contributed by atoms with E-state index in [0.29, 0.717) is 18.6 Å². The molecule has 2 aromatic rings. The quantitative estimate of drug-likeness (QED) is 0.759. The summed E-state index contributed by atoms with van der Waals surface area (Å²) in [6.07, 6.45) is 7.83. The number of unbranched alkanes of at least 4 members (excludes halogenated alkanes) is 3. The fraction of sp³-hybridized carbons (Fsp3) is 0.556. The van der Waals surface area contributed by atoms with E-state index in [9.17, 15) is 0 Å². The lowest BCUT2D eigenvalue weighted by atomic mass is 10.1. The summed E-state index contributed by atoms with van der Waals surface area (Å²) in [6.45, 7) is 3.56. The average Bonchev–Trinajstić information content (AvgIpc) is 2.62. The fourth-order valence-electron chi connectivity index (χ4n) is 2.90. The Balaban J connectivity index is 1.32. The number of ether oxygens (including phenoxy) is 2. The lowest BCUT2D eigenvalue weighted by molar-refractivity contribution is 0.0220. The van der Waals surface area contributed by atoms with Crippen molar-refractivity contribution < 1.29 is 9.47 Å². The molecule has 5 heteroatoms. The van der Waals surface area contributed by atoms with E-state index in [4.69, 9.17) is 9.47 Å². The van der Waals surface area contributed by atoms with Gasteiger partial charge in [0, 0.05) is 13.1 Å². The number of para-hydroxylation sites is 1. The SMILES string of the molecule is c1ccc2c(OCCCCCCC3CNCCO3)ncnc2c1. The second kappa shape index (κ2) is 8.79. The number of nitrogens with zero attached hydrogens (tertiary/aromatic N) is 2. The van der Waals surface area contributed by atoms with Crippen LogP contribution in [-0.2, 0) is 4.74 Å². The number of benzene rings is 1. The van der Waals surface area contributed by atoms with Crippen molar-refractivity contribution in [1.82, 2.24) is 15.3 Å². The molecule has 1 aromatic carbocycles. The molecule has 1 aliphatic rings. The summed E-state index contributed by atoms with van der Waals surface area (Å²) in [4.78, 5) is 8.49. The van der Waals surface area contributed by atoms with Crippen molar-refractivity contribution in [2.45, 2.75) is 38.2 Å². The standard InChI is InChI=1S/C18H25N3O2/c1(3-7-15-13-19-10-12-22-15)2-6-11-23-18-16-8-4-5-9-17(16)20-14-21-18/h4-5,8-9,14-15,19H,1-3,6-7,10-13H2. The maximum Gasteiger partial charge on any atom is 0.224 e. The Morgan fingerprint density at radius 1 is 1.13 bits per heavy atom. The van der Waals surface area contributed by atoms with E-state index in [-0.39, 0.29) is 0 Å². The minimum atomic E-state index is 0.410. The zero-order valence-corrected chi connectivity index (χ0v) is 13.5. The molecule has 1 N–H and O–H groups in total. The van der Waals surface area contributed by atoms with Crippen LogP contribution < -0.4 is 10.1 Å². The van der Waals surface area contributed by atoms with Crippen molar-refractivity contribution in [3.05, 3.63) is 30.6 Å². The topological polar surface area (TPSA) is 56.3 Å². The summed E-state index contributed by atoms with van der Waals surface area (Å²) >= 11 is 0. The van der Waals surface area contributed by atoms with Gasteiger partial charge >= 0.3 is 0 Å². The van der Waals surface area contributed by atoms with Crippen LogP contribution in [0.4, 0.5) is 0 Å². The lowest BCUT2D eigenvalue weighted by Crippen LogP contribution is -2.38. The molecule has 0 spiro atoms. The van der Waals surface area contributed by atoms with Crippen molar-refractivity contribution in [3.63, 3.8) is 0 Å². The molecular formula is C18H25N3O2. The largest absolute Gasteiger partial charge is 0.477 e. The number of aromatic nitrogens is 2. The molecule has 1 aliphatic heterocycles. The monoisotopic (exact) mass is 315 g/mol. The normalized spacial score (nSPS) is 18.2. The number of hydrogen-bond acceptors (Lipinski definition) is 5. The summed E-state index contributed by atoms with van der Waals surface area (Å²) in [5.41, 5.74) is 0.929. The molecule has 0 saturated carbocycles. The third-order valence-electron chi connectivity index (χ3n) is 4.17. The highest BCUT2D eigenvalue weighted by atomic mass is 16.5. The van der Waals surface area contributed by atoms with E-state index in [1.54, 1.807) is 6.33 Å². The Bertz CT molecular complexity index is 594. The van der Waals surface area contributed by atoms with Crippen LogP contribution in [0.25, 0.3) is 10.9 Å². The molecule has 23 heavy (non-hydrogen) atoms. The van der Waals surface area contributed by atoms with Gasteiger partial charge in [-0.25, -0.2) is 9.97 Å². The van der Waals surface area contributed by atoms with Gasteiger partial charge in [0.25, 0.3) is 0 Å². The summed E-state index contributed by atoms with van der Waals surface area (Å²) in [7, 11) is 0. The van der Waals surface area contributed by atoms with Crippen molar-refractivity contribution in [1.29, 1.82) is 0 Å². The first-order valence-electron chi connectivity index (χ1n) is 8.58. The van der Waals surface area contributed by atoms with Crippen LogP contribution in [0.2, 0.25) is 0 Å². The maximum atomic E-state index is 5.83. The minimum absolute atomic E-state index is 0.410. The van der Waals surface area contributed by atoms with Gasteiger partial charge in [0.2, 0.25) is 5.88 Å². The number of hydrogen-bond donors (Lipinski definition) is 1. The summed E-state index contributed by atoms with van der Waals surface area (Å²) < 4.78 is 11.5. The molecule has 0 aliphatic carbocycles. The molecule has 0 radical (unpaired) electrons. The van der Waals surface area contributed by atoms with Gasteiger partial charge in [-0.3, -0.25) is 0 Å². The predicted molar refractivity (Wildman–Crippen MR) is 90.7 cm³/mol. The van der Waals surface area contributed by atoms with Crippen LogP contribution in [-0.4, -0.2) is 42.4 Å². The van der Waals surface area contributed by atoms with Crippen LogP contribution >= 0.6 is 0 Å². The van der Waals surface area contributed by atoms with E-state index >= 15 is 0 Å². The Hall–Kier alpha value is -1.72. The molecular weight excluding hydrogens is 290 g/mol. The van der Waals surface area contributed by atoms with Crippen LogP contribution in [0, 0.1) is 0 Å². The molecule has 5 nitrogen and oxygen atoms in total. The summed E-state index contributed by atoms with van der Waals surface area (Å²) in [6, 6.07) is 7.94. The van der Waals surface area contributed by atoms with Crippen molar-refractivity contribution >= 4 is 10.9 Å². The fourth-order valence-corrected chi connectivity index (χ4v) is 2.90. The average molecular weight is 315 g/mol. The molecule has 1 aromatic heterocycles. The Morgan fingerprint density at radius 2 is 2.04 bits per heavy atom. The van der Waals surface area contributed by atoms with Gasteiger partial charge in [0.15, 0.2) is 0 Å². The number of fused-ring (bicyclic) bond motifs is 1. The van der Waals surface area contributed by atoms with Crippen LogP contribution in [0.15, 0.2) is 30.6 Å². The second-order valence-corrected chi connectivity index (χ2v) is 5.94. The first-order valence-corrected chi connectivity index (χ1v) is 8.58. The van der Waals surface area contributed by atoms with Gasteiger partial charge in [-0.15, -0.1) is 0 Å². The van der Waals surface area contributed by atoms with Crippen molar-refractivity contribution in [3.8, 4) is 5.88 Å². The molecule has 1 unspecified atom stereocenters. The zero-order valence-electron chi connectivity index (χ0n) is 13.5. The zero-order chi connectivity index (χ0) is 15.7. The summed E-state index contributed by atoms with van der Waals surface area (Å²) in [5.74, 6) is 0.692. The maximum absolute atomic E-state index is 5.83. The van der Waals surface area contributed by atoms with Crippen LogP contribution in [0.1, 0.15) is 32.1 Å². The smallest absolute Gasteiger partial charge is 0.224 e. The lowest BCUT2D eigenvalue weighted by Gasteiger charge is -2.23. The van der Waals surface area contributed by atoms with Crippen LogP contribution in [0.5, 0.6) is 5.88 Å². The van der Waals surface area contributed by atoms with Crippen LogP contribution in [0.3, 0.4) is 0 Å². The van der Waals surface area contributed by atoms with E-state index in [2.05, 4.69) is 15.3 Å². The van der Waals surface area contributed by atoms with E-state index in [0.717, 1.165) is 43.4 Å². The third-order valence-corrected chi connectivity index (χ3v) is 4.17. The van der Waals surface area contributed by atoms with E-state index < -0.39 is 0 Å². The van der Waals surface area contributed by atoms with Gasteiger partial charge in [-0.1, -0.05) is 31.4 Å². The molecule has 124 valence electrons. The van der Waals surface area contributed by atoms with Gasteiger partial charge in [-0.05, 0) is 25.0 Å². The molecule has 1 fully saturated rings. The first-order chi connectivity index (χ1) is 11.4. The van der Waals surface area contributed by atoms with Gasteiger partial charge in [0.05, 0.1) is 30.2 Å². The van der Waals surface area contributed by atoms with Gasteiger partial charge < -0.3 is 14.8 Å². The van der Waals surface area contributed by atoms with Gasteiger partial charge in [-0.2, -0.15) is 0 Å². The number of morpholine rings is 1. The first kappa shape index (κ1) is 16.1. The molecule has 0 bridgehead atoms. The Kier molecular flexibility index (Phi) is 6.17. The summed E-state index contributed by atoms with van der Waals surface area (Å²) in [5, 5.41) is 4.36. The molecule has 3 rings (SSSR count). The Labute approximate surface area is 137 Å². The highest BCUT2D eigenvalue weighted by Crippen LogP contribution is 2.20. The van der Waals surface area contributed by atoms with Crippen molar-refractivity contribution in [2.24, 2.45) is 0 Å². The van der Waals surface area contributed by atoms with Crippen molar-refractivity contribution in [2.75, 3.05) is 26.3 Å². The number of nitrogens with one attached hydrogen (secondary N) is 1. The highest BCUT2D eigenvalue weighted by molar-refractivity contribution is 5.82. The molecule has 1 atom stereocenters. The minimum Gasteiger partial charge on any atom is -0.477 e.